The predicted octanol–water partition coefficient (Wildman–Crippen LogP) is 3.19. The first kappa shape index (κ1) is 18.4. The van der Waals surface area contributed by atoms with Crippen LogP contribution in [0.4, 0.5) is 11.4 Å². The fourth-order valence-electron chi connectivity index (χ4n) is 2.44. The molecule has 2 aromatic rings. The molecular weight excluding hydrogens is 342 g/mol. The van der Waals surface area contributed by atoms with Gasteiger partial charge in [-0.1, -0.05) is 12.1 Å². The van der Waals surface area contributed by atoms with Crippen molar-refractivity contribution in [3.05, 3.63) is 65.7 Å². The minimum Gasteiger partial charge on any atom is -0.349 e. The summed E-state index contributed by atoms with van der Waals surface area (Å²) in [4.78, 5) is 35.0. The monoisotopic (exact) mass is 363 g/mol. The van der Waals surface area contributed by atoms with Crippen LogP contribution in [-0.4, -0.2) is 23.8 Å². The smallest absolute Gasteiger partial charge is 0.251 e. The second kappa shape index (κ2) is 8.31. The van der Waals surface area contributed by atoms with E-state index in [0.29, 0.717) is 23.0 Å². The van der Waals surface area contributed by atoms with E-state index in [1.54, 1.807) is 42.5 Å². The van der Waals surface area contributed by atoms with E-state index in [4.69, 9.17) is 0 Å². The average molecular weight is 363 g/mol. The fourth-order valence-corrected chi connectivity index (χ4v) is 2.44. The van der Waals surface area contributed by atoms with Gasteiger partial charge in [0.15, 0.2) is 0 Å². The summed E-state index contributed by atoms with van der Waals surface area (Å²) in [6, 6.07) is 14.3. The summed E-state index contributed by atoms with van der Waals surface area (Å²) in [7, 11) is 0. The molecule has 0 aromatic heterocycles. The number of hydrogen-bond acceptors (Lipinski definition) is 3. The van der Waals surface area contributed by atoms with Crippen LogP contribution in [0.5, 0.6) is 0 Å². The van der Waals surface area contributed by atoms with Crippen molar-refractivity contribution >= 4 is 35.2 Å². The van der Waals surface area contributed by atoms with Gasteiger partial charge in [0, 0.05) is 36.0 Å². The first-order valence-electron chi connectivity index (χ1n) is 8.77. The number of rotatable bonds is 6. The maximum atomic E-state index is 12.0. The van der Waals surface area contributed by atoms with Crippen LogP contribution in [-0.2, 0) is 9.59 Å². The zero-order valence-electron chi connectivity index (χ0n) is 15.0. The average Bonchev–Trinajstić information content (AvgIpc) is 3.45. The normalized spacial score (nSPS) is 13.2. The largest absolute Gasteiger partial charge is 0.349 e. The molecule has 3 amide bonds. The molecule has 2 aromatic carbocycles. The predicted molar refractivity (Wildman–Crippen MR) is 105 cm³/mol. The summed E-state index contributed by atoms with van der Waals surface area (Å²) in [6.45, 7) is 1.45. The van der Waals surface area contributed by atoms with Gasteiger partial charge in [0.05, 0.1) is 0 Å². The van der Waals surface area contributed by atoms with E-state index in [1.807, 2.05) is 12.1 Å². The topological polar surface area (TPSA) is 87.3 Å². The molecule has 0 saturated heterocycles. The Morgan fingerprint density at radius 1 is 0.889 bits per heavy atom. The van der Waals surface area contributed by atoms with E-state index in [-0.39, 0.29) is 17.7 Å². The van der Waals surface area contributed by atoms with E-state index in [0.717, 1.165) is 18.4 Å². The Hall–Kier alpha value is -3.41. The Labute approximate surface area is 157 Å². The molecule has 1 saturated carbocycles. The van der Waals surface area contributed by atoms with Gasteiger partial charge in [0.25, 0.3) is 5.91 Å². The number of amides is 3. The summed E-state index contributed by atoms with van der Waals surface area (Å²) in [6.07, 6.45) is 5.20. The van der Waals surface area contributed by atoms with E-state index >= 15 is 0 Å². The number of nitrogens with one attached hydrogen (secondary N) is 3. The SMILES string of the molecule is CC(=O)Nc1ccc(/C=C/C(=O)Nc2ccc(C(=O)NC3CC3)cc2)cc1. The van der Waals surface area contributed by atoms with Crippen molar-refractivity contribution in [1.82, 2.24) is 5.32 Å². The van der Waals surface area contributed by atoms with Crippen molar-refractivity contribution in [2.75, 3.05) is 10.6 Å². The molecular formula is C21H21N3O3. The molecule has 1 fully saturated rings. The highest BCUT2D eigenvalue weighted by Gasteiger charge is 2.23. The van der Waals surface area contributed by atoms with Gasteiger partial charge in [-0.3, -0.25) is 14.4 Å². The Morgan fingerprint density at radius 2 is 1.48 bits per heavy atom. The van der Waals surface area contributed by atoms with Crippen molar-refractivity contribution in [3.63, 3.8) is 0 Å². The zero-order valence-corrected chi connectivity index (χ0v) is 15.0. The molecule has 27 heavy (non-hydrogen) atoms. The van der Waals surface area contributed by atoms with Gasteiger partial charge < -0.3 is 16.0 Å². The van der Waals surface area contributed by atoms with Crippen LogP contribution >= 0.6 is 0 Å². The molecule has 6 heteroatoms. The molecule has 3 N–H and O–H groups in total. The molecule has 0 aliphatic heterocycles. The van der Waals surface area contributed by atoms with Crippen LogP contribution in [0, 0.1) is 0 Å². The summed E-state index contributed by atoms with van der Waals surface area (Å²) < 4.78 is 0. The van der Waals surface area contributed by atoms with E-state index < -0.39 is 0 Å². The van der Waals surface area contributed by atoms with Gasteiger partial charge in [-0.05, 0) is 60.9 Å². The van der Waals surface area contributed by atoms with Crippen LogP contribution in [0.15, 0.2) is 54.6 Å². The minimum atomic E-state index is -0.267. The second-order valence-corrected chi connectivity index (χ2v) is 6.45. The van der Waals surface area contributed by atoms with Crippen LogP contribution in [0.3, 0.4) is 0 Å². The lowest BCUT2D eigenvalue weighted by molar-refractivity contribution is -0.114. The van der Waals surface area contributed by atoms with Crippen molar-refractivity contribution in [2.24, 2.45) is 0 Å². The standard InChI is InChI=1S/C21H21N3O3/c1-14(25)22-17-7-2-15(3-8-17)4-13-20(26)23-18-9-5-16(6-10-18)21(27)24-19-11-12-19/h2-10,13,19H,11-12H2,1H3,(H,22,25)(H,23,26)(H,24,27)/b13-4+. The molecule has 6 nitrogen and oxygen atoms in total. The van der Waals surface area contributed by atoms with Crippen molar-refractivity contribution < 1.29 is 14.4 Å². The molecule has 0 heterocycles. The highest BCUT2D eigenvalue weighted by Crippen LogP contribution is 2.19. The summed E-state index contributed by atoms with van der Waals surface area (Å²) >= 11 is 0. The van der Waals surface area contributed by atoms with Crippen LogP contribution in [0.25, 0.3) is 6.08 Å². The van der Waals surface area contributed by atoms with E-state index in [9.17, 15) is 14.4 Å². The van der Waals surface area contributed by atoms with Crippen LogP contribution in [0.2, 0.25) is 0 Å². The Balaban J connectivity index is 1.52. The van der Waals surface area contributed by atoms with Gasteiger partial charge >= 0.3 is 0 Å². The minimum absolute atomic E-state index is 0.0852. The van der Waals surface area contributed by atoms with Gasteiger partial charge in [-0.25, -0.2) is 0 Å². The van der Waals surface area contributed by atoms with Crippen LogP contribution in [0.1, 0.15) is 35.7 Å². The van der Waals surface area contributed by atoms with Crippen molar-refractivity contribution in [2.45, 2.75) is 25.8 Å². The molecule has 0 spiro atoms. The first-order valence-corrected chi connectivity index (χ1v) is 8.77. The third-order valence-electron chi connectivity index (χ3n) is 3.99. The lowest BCUT2D eigenvalue weighted by Crippen LogP contribution is -2.25. The lowest BCUT2D eigenvalue weighted by Gasteiger charge is -2.05. The molecule has 1 aliphatic carbocycles. The molecule has 0 atom stereocenters. The molecule has 0 radical (unpaired) electrons. The quantitative estimate of drug-likeness (QED) is 0.689. The molecule has 0 bridgehead atoms. The van der Waals surface area contributed by atoms with Crippen molar-refractivity contribution in [3.8, 4) is 0 Å². The van der Waals surface area contributed by atoms with Crippen LogP contribution < -0.4 is 16.0 Å². The van der Waals surface area contributed by atoms with Gasteiger partial charge in [0.1, 0.15) is 0 Å². The second-order valence-electron chi connectivity index (χ2n) is 6.45. The number of hydrogen-bond donors (Lipinski definition) is 3. The van der Waals surface area contributed by atoms with E-state index in [1.165, 1.54) is 13.0 Å². The van der Waals surface area contributed by atoms with Gasteiger partial charge in [-0.2, -0.15) is 0 Å². The molecule has 138 valence electrons. The Kier molecular flexibility index (Phi) is 5.66. The Bertz CT molecular complexity index is 867. The number of anilines is 2. The summed E-state index contributed by atoms with van der Waals surface area (Å²) in [5.41, 5.74) is 2.74. The first-order chi connectivity index (χ1) is 13.0. The third kappa shape index (κ3) is 5.81. The number of benzene rings is 2. The zero-order chi connectivity index (χ0) is 19.2. The fraction of sp³-hybridized carbons (Fsp3) is 0.190. The van der Waals surface area contributed by atoms with E-state index in [2.05, 4.69) is 16.0 Å². The Morgan fingerprint density at radius 3 is 2.07 bits per heavy atom. The molecule has 3 rings (SSSR count). The van der Waals surface area contributed by atoms with Gasteiger partial charge in [-0.15, -0.1) is 0 Å². The summed E-state index contributed by atoms with van der Waals surface area (Å²) in [5, 5.41) is 8.36. The maximum absolute atomic E-state index is 12.0. The maximum Gasteiger partial charge on any atom is 0.251 e. The number of carbonyl (C=O) groups is 3. The molecule has 1 aliphatic rings. The summed E-state index contributed by atoms with van der Waals surface area (Å²) in [5.74, 6) is -0.484. The number of carbonyl (C=O) groups excluding carboxylic acids is 3. The molecule has 0 unspecified atom stereocenters. The lowest BCUT2D eigenvalue weighted by atomic mass is 10.2. The highest BCUT2D eigenvalue weighted by molar-refractivity contribution is 6.02. The highest BCUT2D eigenvalue weighted by atomic mass is 16.2. The van der Waals surface area contributed by atoms with Crippen molar-refractivity contribution in [1.29, 1.82) is 0 Å². The van der Waals surface area contributed by atoms with Gasteiger partial charge in [0.2, 0.25) is 11.8 Å². The third-order valence-corrected chi connectivity index (χ3v) is 3.99.